The summed E-state index contributed by atoms with van der Waals surface area (Å²) < 4.78 is 9.75. The molecule has 0 spiro atoms. The predicted octanol–water partition coefficient (Wildman–Crippen LogP) is -0.240. The van der Waals surface area contributed by atoms with Crippen LogP contribution in [-0.4, -0.2) is 36.6 Å². The van der Waals surface area contributed by atoms with Crippen LogP contribution in [0.4, 0.5) is 0 Å². The molecule has 0 aromatic carbocycles. The first-order valence-electron chi connectivity index (χ1n) is 5.10. The van der Waals surface area contributed by atoms with E-state index in [0.717, 1.165) is 0 Å². The summed E-state index contributed by atoms with van der Waals surface area (Å²) in [5, 5.41) is 2.50. The number of rotatable bonds is 4. The van der Waals surface area contributed by atoms with Crippen LogP contribution < -0.4 is 5.32 Å². The number of carbonyl (C=O) groups is 3. The fourth-order valence-corrected chi connectivity index (χ4v) is 1.53. The highest BCUT2D eigenvalue weighted by Crippen LogP contribution is 2.17. The molecule has 1 aliphatic rings. The van der Waals surface area contributed by atoms with Gasteiger partial charge in [-0.2, -0.15) is 0 Å². The normalized spacial score (nSPS) is 23.8. The minimum atomic E-state index is -0.570. The molecule has 1 heterocycles. The van der Waals surface area contributed by atoms with Crippen LogP contribution >= 0.6 is 0 Å². The van der Waals surface area contributed by atoms with Crippen molar-refractivity contribution in [2.45, 2.75) is 38.8 Å². The second-order valence-electron chi connectivity index (χ2n) is 3.68. The molecule has 1 N–H and O–H groups in total. The van der Waals surface area contributed by atoms with Crippen LogP contribution in [0.2, 0.25) is 0 Å². The van der Waals surface area contributed by atoms with Gasteiger partial charge in [0.2, 0.25) is 5.91 Å². The highest BCUT2D eigenvalue weighted by atomic mass is 16.6. The zero-order valence-corrected chi connectivity index (χ0v) is 9.32. The molecule has 1 fully saturated rings. The second-order valence-corrected chi connectivity index (χ2v) is 3.68. The molecule has 90 valence electrons. The van der Waals surface area contributed by atoms with E-state index in [4.69, 9.17) is 9.47 Å². The van der Waals surface area contributed by atoms with Crippen molar-refractivity contribution in [3.63, 3.8) is 0 Å². The number of esters is 2. The maximum Gasteiger partial charge on any atom is 0.329 e. The summed E-state index contributed by atoms with van der Waals surface area (Å²) >= 11 is 0. The van der Waals surface area contributed by atoms with Crippen LogP contribution in [0.1, 0.15) is 26.7 Å². The molecule has 0 unspecified atom stereocenters. The Labute approximate surface area is 93.3 Å². The van der Waals surface area contributed by atoms with E-state index in [1.54, 1.807) is 0 Å². The molecule has 0 bridgehead atoms. The zero-order chi connectivity index (χ0) is 12.1. The Bertz CT molecular complexity index is 302. The third kappa shape index (κ3) is 3.88. The number of carbonyl (C=O) groups excluding carboxylic acids is 3. The molecule has 1 saturated heterocycles. The summed E-state index contributed by atoms with van der Waals surface area (Å²) in [7, 11) is 0. The van der Waals surface area contributed by atoms with Crippen LogP contribution in [-0.2, 0) is 23.9 Å². The Hall–Kier alpha value is -1.59. The molecule has 0 aromatic heterocycles. The number of cyclic esters (lactones) is 1. The number of nitrogens with one attached hydrogen (secondary N) is 1. The van der Waals surface area contributed by atoms with Gasteiger partial charge in [0.1, 0.15) is 12.1 Å². The van der Waals surface area contributed by atoms with Gasteiger partial charge in [-0.15, -0.1) is 0 Å². The van der Waals surface area contributed by atoms with Crippen molar-refractivity contribution in [2.24, 2.45) is 0 Å². The fourth-order valence-electron chi connectivity index (χ4n) is 1.53. The van der Waals surface area contributed by atoms with Gasteiger partial charge in [0.15, 0.2) is 0 Å². The van der Waals surface area contributed by atoms with E-state index in [0.29, 0.717) is 12.8 Å². The van der Waals surface area contributed by atoms with Gasteiger partial charge in [-0.3, -0.25) is 9.59 Å². The first-order chi connectivity index (χ1) is 7.49. The van der Waals surface area contributed by atoms with Crippen LogP contribution in [0.25, 0.3) is 0 Å². The molecule has 0 aromatic rings. The molecule has 1 aliphatic heterocycles. The van der Waals surface area contributed by atoms with Crippen molar-refractivity contribution in [3.8, 4) is 0 Å². The molecule has 6 nitrogen and oxygen atoms in total. The molecule has 1 amide bonds. The van der Waals surface area contributed by atoms with Crippen molar-refractivity contribution in [2.75, 3.05) is 6.61 Å². The lowest BCUT2D eigenvalue weighted by atomic mass is 10.1. The van der Waals surface area contributed by atoms with Crippen molar-refractivity contribution < 1.29 is 23.9 Å². The van der Waals surface area contributed by atoms with Crippen molar-refractivity contribution >= 4 is 17.8 Å². The Balaban J connectivity index is 2.29. The molecule has 16 heavy (non-hydrogen) atoms. The van der Waals surface area contributed by atoms with Gasteiger partial charge >= 0.3 is 11.9 Å². The summed E-state index contributed by atoms with van der Waals surface area (Å²) in [6, 6.07) is -0.570. The monoisotopic (exact) mass is 229 g/mol. The molecule has 0 aliphatic carbocycles. The van der Waals surface area contributed by atoms with Gasteiger partial charge in [0.05, 0.1) is 6.61 Å². The SMILES string of the molecule is CC(=O)N[C@H]1C[C@@H](CCOC(C)=O)OC1=O. The van der Waals surface area contributed by atoms with Gasteiger partial charge in [-0.05, 0) is 0 Å². The van der Waals surface area contributed by atoms with E-state index >= 15 is 0 Å². The zero-order valence-electron chi connectivity index (χ0n) is 9.32. The number of amides is 1. The van der Waals surface area contributed by atoms with Gasteiger partial charge in [-0.25, -0.2) is 4.79 Å². The minimum Gasteiger partial charge on any atom is -0.466 e. The minimum absolute atomic E-state index is 0.222. The molecule has 0 radical (unpaired) electrons. The Morgan fingerprint density at radius 2 is 2.19 bits per heavy atom. The van der Waals surface area contributed by atoms with Gasteiger partial charge in [0.25, 0.3) is 0 Å². The predicted molar refractivity (Wildman–Crippen MR) is 53.4 cm³/mol. The number of hydrogen-bond acceptors (Lipinski definition) is 5. The van der Waals surface area contributed by atoms with Gasteiger partial charge in [-0.1, -0.05) is 0 Å². The summed E-state index contributed by atoms with van der Waals surface area (Å²) in [5.74, 6) is -1.05. The first kappa shape index (κ1) is 12.5. The molecular weight excluding hydrogens is 214 g/mol. The molecule has 6 heteroatoms. The summed E-state index contributed by atoms with van der Waals surface area (Å²) in [6.45, 7) is 2.89. The Morgan fingerprint density at radius 3 is 2.75 bits per heavy atom. The Morgan fingerprint density at radius 1 is 1.50 bits per heavy atom. The van der Waals surface area contributed by atoms with E-state index in [1.807, 2.05) is 0 Å². The van der Waals surface area contributed by atoms with Crippen molar-refractivity contribution in [1.82, 2.24) is 5.32 Å². The molecule has 0 saturated carbocycles. The fraction of sp³-hybridized carbons (Fsp3) is 0.700. The lowest BCUT2D eigenvalue weighted by Crippen LogP contribution is -2.36. The smallest absolute Gasteiger partial charge is 0.329 e. The highest BCUT2D eigenvalue weighted by Gasteiger charge is 2.34. The summed E-state index contributed by atoms with van der Waals surface area (Å²) in [6.07, 6.45) is 0.602. The van der Waals surface area contributed by atoms with Crippen molar-refractivity contribution in [1.29, 1.82) is 0 Å². The van der Waals surface area contributed by atoms with Crippen molar-refractivity contribution in [3.05, 3.63) is 0 Å². The third-order valence-electron chi connectivity index (χ3n) is 2.19. The number of ether oxygens (including phenoxy) is 2. The van der Waals surface area contributed by atoms with E-state index in [9.17, 15) is 14.4 Å². The van der Waals surface area contributed by atoms with Gasteiger partial charge in [0, 0.05) is 26.7 Å². The highest BCUT2D eigenvalue weighted by molar-refractivity contribution is 5.84. The summed E-state index contributed by atoms with van der Waals surface area (Å²) in [5.41, 5.74) is 0. The number of hydrogen-bond donors (Lipinski definition) is 1. The molecular formula is C10H15NO5. The largest absolute Gasteiger partial charge is 0.466 e. The van der Waals surface area contributed by atoms with E-state index < -0.39 is 12.0 Å². The third-order valence-corrected chi connectivity index (χ3v) is 2.19. The van der Waals surface area contributed by atoms with E-state index in [-0.39, 0.29) is 24.6 Å². The quantitative estimate of drug-likeness (QED) is 0.673. The maximum absolute atomic E-state index is 11.3. The average molecular weight is 229 g/mol. The van der Waals surface area contributed by atoms with Crippen LogP contribution in [0.5, 0.6) is 0 Å². The maximum atomic E-state index is 11.3. The summed E-state index contributed by atoms with van der Waals surface area (Å²) in [4.78, 5) is 32.5. The molecule has 1 rings (SSSR count). The lowest BCUT2D eigenvalue weighted by Gasteiger charge is -2.08. The molecule has 2 atom stereocenters. The lowest BCUT2D eigenvalue weighted by molar-refractivity contribution is -0.145. The standard InChI is InChI=1S/C10H15NO5/c1-6(12)11-9-5-8(16-10(9)14)3-4-15-7(2)13/h8-9H,3-5H2,1-2H3,(H,11,12)/t8-,9+/m1/s1. The van der Waals surface area contributed by atoms with E-state index in [2.05, 4.69) is 5.32 Å². The van der Waals surface area contributed by atoms with Crippen LogP contribution in [0.15, 0.2) is 0 Å². The topological polar surface area (TPSA) is 81.7 Å². The Kier molecular flexibility index (Phi) is 4.28. The van der Waals surface area contributed by atoms with E-state index in [1.165, 1.54) is 13.8 Å². The van der Waals surface area contributed by atoms with Crippen LogP contribution in [0.3, 0.4) is 0 Å². The average Bonchev–Trinajstić information content (AvgIpc) is 2.45. The second kappa shape index (κ2) is 5.48. The van der Waals surface area contributed by atoms with Crippen LogP contribution in [0, 0.1) is 0 Å². The van der Waals surface area contributed by atoms with Gasteiger partial charge < -0.3 is 14.8 Å². The first-order valence-corrected chi connectivity index (χ1v) is 5.10.